The molecule has 2 saturated heterocycles. The van der Waals surface area contributed by atoms with Gasteiger partial charge in [0.2, 0.25) is 11.8 Å². The Labute approximate surface area is 190 Å². The van der Waals surface area contributed by atoms with Crippen molar-refractivity contribution in [2.75, 3.05) is 24.5 Å². The number of rotatable bonds is 3. The third-order valence-corrected chi connectivity index (χ3v) is 6.54. The van der Waals surface area contributed by atoms with Crippen molar-refractivity contribution in [2.24, 2.45) is 7.05 Å². The van der Waals surface area contributed by atoms with Crippen LogP contribution in [-0.4, -0.2) is 51.8 Å². The van der Waals surface area contributed by atoms with Crippen molar-refractivity contribution < 1.29 is 9.59 Å². The number of hydrogen-bond acceptors (Lipinski definition) is 5. The molecule has 5 rings (SSSR count). The van der Waals surface area contributed by atoms with Crippen LogP contribution in [0.4, 0.5) is 5.69 Å². The molecule has 8 nitrogen and oxygen atoms in total. The van der Waals surface area contributed by atoms with E-state index in [1.165, 1.54) is 0 Å². The summed E-state index contributed by atoms with van der Waals surface area (Å²) in [5, 5.41) is 10.4. The van der Waals surface area contributed by atoms with Gasteiger partial charge in [-0.15, -0.1) is 0 Å². The molecule has 2 amide bonds. The fraction of sp³-hybridized carbons (Fsp3) is 0.304. The number of nitrogens with one attached hydrogen (secondary N) is 2. The van der Waals surface area contributed by atoms with Gasteiger partial charge in [-0.3, -0.25) is 19.3 Å². The molecule has 2 aliphatic heterocycles. The van der Waals surface area contributed by atoms with Gasteiger partial charge < -0.3 is 15.5 Å². The summed E-state index contributed by atoms with van der Waals surface area (Å²) >= 11 is 6.61. The van der Waals surface area contributed by atoms with Gasteiger partial charge in [0.05, 0.1) is 23.5 Å². The van der Waals surface area contributed by atoms with Crippen LogP contribution in [0.2, 0.25) is 5.02 Å². The molecule has 0 bridgehead atoms. The van der Waals surface area contributed by atoms with Crippen LogP contribution >= 0.6 is 11.6 Å². The summed E-state index contributed by atoms with van der Waals surface area (Å²) < 4.78 is 1.78. The van der Waals surface area contributed by atoms with E-state index in [0.717, 1.165) is 27.9 Å². The Morgan fingerprint density at radius 1 is 1.00 bits per heavy atom. The minimum atomic E-state index is -0.836. The van der Waals surface area contributed by atoms with Crippen LogP contribution < -0.4 is 15.5 Å². The summed E-state index contributed by atoms with van der Waals surface area (Å²) in [6.07, 6.45) is 8.31. The van der Waals surface area contributed by atoms with Gasteiger partial charge in [-0.25, -0.2) is 0 Å². The maximum Gasteiger partial charge on any atom is 0.246 e. The smallest absolute Gasteiger partial charge is 0.246 e. The lowest BCUT2D eigenvalue weighted by Gasteiger charge is -2.44. The van der Waals surface area contributed by atoms with Crippen LogP contribution in [0.15, 0.2) is 49.1 Å². The van der Waals surface area contributed by atoms with E-state index in [4.69, 9.17) is 11.6 Å². The molecule has 164 valence electrons. The molecule has 2 aliphatic rings. The predicted molar refractivity (Wildman–Crippen MR) is 122 cm³/mol. The number of carbonyl (C=O) groups is 2. The van der Waals surface area contributed by atoms with E-state index in [1.807, 2.05) is 25.6 Å². The lowest BCUT2D eigenvalue weighted by molar-refractivity contribution is -0.139. The molecule has 4 heterocycles. The maximum atomic E-state index is 12.5. The van der Waals surface area contributed by atoms with Crippen molar-refractivity contribution in [3.8, 4) is 22.3 Å². The summed E-state index contributed by atoms with van der Waals surface area (Å²) in [4.78, 5) is 30.8. The van der Waals surface area contributed by atoms with E-state index in [9.17, 15) is 9.59 Å². The second kappa shape index (κ2) is 7.94. The summed E-state index contributed by atoms with van der Waals surface area (Å²) in [6.45, 7) is 1.23. The summed E-state index contributed by atoms with van der Waals surface area (Å²) in [6, 6.07) is 8.23. The van der Waals surface area contributed by atoms with Crippen LogP contribution in [0.25, 0.3) is 22.3 Å². The van der Waals surface area contributed by atoms with Crippen LogP contribution in [0.5, 0.6) is 0 Å². The van der Waals surface area contributed by atoms with E-state index in [2.05, 4.69) is 49.9 Å². The number of aryl methyl sites for hydroxylation is 1. The Hall–Kier alpha value is -3.39. The van der Waals surface area contributed by atoms with Gasteiger partial charge in [-0.05, 0) is 24.0 Å². The molecule has 3 aromatic rings. The zero-order valence-corrected chi connectivity index (χ0v) is 18.4. The number of amides is 2. The predicted octanol–water partition coefficient (Wildman–Crippen LogP) is 2.39. The largest absolute Gasteiger partial charge is 0.370 e. The number of anilines is 1. The number of halogens is 1. The molecule has 1 aromatic carbocycles. The van der Waals surface area contributed by atoms with Crippen LogP contribution in [0, 0.1) is 0 Å². The van der Waals surface area contributed by atoms with Crippen molar-refractivity contribution in [2.45, 2.75) is 18.4 Å². The molecule has 0 unspecified atom stereocenters. The summed E-state index contributed by atoms with van der Waals surface area (Å²) in [7, 11) is 1.90. The lowest BCUT2D eigenvalue weighted by atomic mass is 9.84. The van der Waals surface area contributed by atoms with Gasteiger partial charge >= 0.3 is 0 Å². The minimum Gasteiger partial charge on any atom is -0.370 e. The monoisotopic (exact) mass is 450 g/mol. The van der Waals surface area contributed by atoms with Crippen molar-refractivity contribution in [1.29, 1.82) is 0 Å². The number of carbonyl (C=O) groups excluding carboxylic acids is 2. The number of nitrogens with zero attached hydrogens (tertiary/aromatic N) is 4. The number of piperazine rings is 1. The first-order chi connectivity index (χ1) is 15.4. The molecule has 1 spiro atoms. The average molecular weight is 451 g/mol. The van der Waals surface area contributed by atoms with E-state index < -0.39 is 5.54 Å². The highest BCUT2D eigenvalue weighted by atomic mass is 35.5. The standard InChI is InChI=1S/C23H23ClN6O2/c1-29-14-17(10-27-29)15-2-4-16(5-3-15)18-11-25-12-19(24)21(18)30-8-6-23(7-9-30)22(32)26-13-20(31)28-23/h2-5,10-12,14H,6-9,13H2,1H3,(H,26,32)(H,28,31). The second-order valence-corrected chi connectivity index (χ2v) is 8.70. The number of piperidine rings is 1. The molecular formula is C23H23ClN6O2. The molecule has 0 radical (unpaired) electrons. The Morgan fingerprint density at radius 2 is 1.72 bits per heavy atom. The average Bonchev–Trinajstić information content (AvgIpc) is 3.24. The second-order valence-electron chi connectivity index (χ2n) is 8.30. The van der Waals surface area contributed by atoms with E-state index in [0.29, 0.717) is 31.0 Å². The molecule has 2 aromatic heterocycles. The van der Waals surface area contributed by atoms with Gasteiger partial charge in [0.1, 0.15) is 5.54 Å². The van der Waals surface area contributed by atoms with Crippen LogP contribution in [0.3, 0.4) is 0 Å². The van der Waals surface area contributed by atoms with Gasteiger partial charge in [-0.2, -0.15) is 5.10 Å². The molecule has 9 heteroatoms. The topological polar surface area (TPSA) is 92.2 Å². The minimum absolute atomic E-state index is 0.0413. The van der Waals surface area contributed by atoms with Crippen LogP contribution in [-0.2, 0) is 16.6 Å². The van der Waals surface area contributed by atoms with Gasteiger partial charge in [0.25, 0.3) is 0 Å². The Bertz CT molecular complexity index is 1180. The molecule has 2 N–H and O–H groups in total. The van der Waals surface area contributed by atoms with Gasteiger partial charge in [0, 0.05) is 49.9 Å². The first-order valence-corrected chi connectivity index (χ1v) is 10.9. The highest BCUT2D eigenvalue weighted by molar-refractivity contribution is 6.33. The molecule has 0 aliphatic carbocycles. The number of hydrogen-bond donors (Lipinski definition) is 2. The van der Waals surface area contributed by atoms with Crippen molar-refractivity contribution in [1.82, 2.24) is 25.4 Å². The van der Waals surface area contributed by atoms with Crippen molar-refractivity contribution >= 4 is 29.1 Å². The fourth-order valence-corrected chi connectivity index (χ4v) is 4.81. The van der Waals surface area contributed by atoms with E-state index in [1.54, 1.807) is 10.9 Å². The molecule has 2 fully saturated rings. The van der Waals surface area contributed by atoms with Crippen molar-refractivity contribution in [3.63, 3.8) is 0 Å². The first-order valence-electron chi connectivity index (χ1n) is 10.5. The number of benzene rings is 1. The third kappa shape index (κ3) is 3.60. The lowest BCUT2D eigenvalue weighted by Crippen LogP contribution is -2.68. The summed E-state index contributed by atoms with van der Waals surface area (Å²) in [5.74, 6) is -0.252. The molecule has 32 heavy (non-hydrogen) atoms. The Kier molecular flexibility index (Phi) is 5.09. The quantitative estimate of drug-likeness (QED) is 0.639. The van der Waals surface area contributed by atoms with E-state index in [-0.39, 0.29) is 18.4 Å². The number of aromatic nitrogens is 3. The molecule has 0 saturated carbocycles. The summed E-state index contributed by atoms with van der Waals surface area (Å²) in [5.41, 5.74) is 4.13. The first kappa shape index (κ1) is 20.5. The molecular weight excluding hydrogens is 428 g/mol. The highest BCUT2D eigenvalue weighted by Gasteiger charge is 2.45. The SMILES string of the molecule is Cn1cc(-c2ccc(-c3cncc(Cl)c3N3CCC4(CC3)NC(=O)CNC4=O)cc2)cn1. The fourth-order valence-electron chi connectivity index (χ4n) is 4.54. The number of pyridine rings is 1. The maximum absolute atomic E-state index is 12.5. The third-order valence-electron chi connectivity index (χ3n) is 6.26. The van der Waals surface area contributed by atoms with Crippen molar-refractivity contribution in [3.05, 3.63) is 54.1 Å². The zero-order valence-electron chi connectivity index (χ0n) is 17.6. The zero-order chi connectivity index (χ0) is 22.3. The van der Waals surface area contributed by atoms with Gasteiger partial charge in [-0.1, -0.05) is 35.9 Å². The van der Waals surface area contributed by atoms with Gasteiger partial charge in [0.15, 0.2) is 0 Å². The van der Waals surface area contributed by atoms with Crippen LogP contribution in [0.1, 0.15) is 12.8 Å². The van der Waals surface area contributed by atoms with E-state index >= 15 is 0 Å². The Balaban J connectivity index is 1.42. The molecule has 0 atom stereocenters. The highest BCUT2D eigenvalue weighted by Crippen LogP contribution is 2.39. The Morgan fingerprint density at radius 3 is 2.41 bits per heavy atom. The normalized spacial score (nSPS) is 17.9.